The molecular formula is C25H18N2O4. The number of rotatable bonds is 3. The molecule has 2 N–H and O–H groups in total. The van der Waals surface area contributed by atoms with Gasteiger partial charge in [0.05, 0.1) is 12.1 Å². The van der Waals surface area contributed by atoms with Crippen LogP contribution in [0.3, 0.4) is 0 Å². The van der Waals surface area contributed by atoms with Crippen LogP contribution >= 0.6 is 0 Å². The van der Waals surface area contributed by atoms with Crippen LogP contribution < -0.4 is 5.32 Å². The average molecular weight is 410 g/mol. The standard InChI is InChI=1S/C25H18N2O4/c1-4-5-6-7-8-9-10-11-12-13-14-15-16-17-24(30)27-19-22(29)18-23(27)25(31)26-20(2)21(3)28/h20,22-23,29H,18-19H2,1-3H3,(H,26,31)/t20-,22-,23-/m0/s1. The van der Waals surface area contributed by atoms with Crippen molar-refractivity contribution >= 4 is 17.6 Å². The monoisotopic (exact) mass is 410 g/mol. The fourth-order valence-corrected chi connectivity index (χ4v) is 2.23. The Balaban J connectivity index is 2.69. The zero-order chi connectivity index (χ0) is 23.1. The number of carbonyl (C=O) groups excluding carboxylic acids is 3. The minimum Gasteiger partial charge on any atom is -0.391 e. The van der Waals surface area contributed by atoms with Gasteiger partial charge in [0.2, 0.25) is 5.91 Å². The molecule has 0 aromatic carbocycles. The van der Waals surface area contributed by atoms with Gasteiger partial charge < -0.3 is 15.3 Å². The Morgan fingerprint density at radius 1 is 0.903 bits per heavy atom. The molecule has 3 atom stereocenters. The molecule has 0 aromatic rings. The molecule has 31 heavy (non-hydrogen) atoms. The van der Waals surface area contributed by atoms with E-state index in [1.165, 1.54) is 6.92 Å². The van der Waals surface area contributed by atoms with Gasteiger partial charge in [-0.1, -0.05) is 5.92 Å². The zero-order valence-electron chi connectivity index (χ0n) is 17.3. The Kier molecular flexibility index (Phi) is 10.8. The fourth-order valence-electron chi connectivity index (χ4n) is 2.23. The van der Waals surface area contributed by atoms with Crippen molar-refractivity contribution in [3.63, 3.8) is 0 Å². The van der Waals surface area contributed by atoms with E-state index in [2.05, 4.69) is 88.2 Å². The highest BCUT2D eigenvalue weighted by atomic mass is 16.3. The van der Waals surface area contributed by atoms with Crippen LogP contribution in [-0.4, -0.2) is 52.3 Å². The van der Waals surface area contributed by atoms with Gasteiger partial charge in [0.15, 0.2) is 5.78 Å². The third kappa shape index (κ3) is 9.49. The van der Waals surface area contributed by atoms with E-state index in [4.69, 9.17) is 0 Å². The van der Waals surface area contributed by atoms with E-state index < -0.39 is 30.0 Å². The number of likely N-dealkylation sites (tertiary alicyclic amines) is 1. The van der Waals surface area contributed by atoms with E-state index in [1.54, 1.807) is 13.8 Å². The van der Waals surface area contributed by atoms with Crippen LogP contribution in [0.25, 0.3) is 0 Å². The first-order valence-corrected chi connectivity index (χ1v) is 9.09. The van der Waals surface area contributed by atoms with Crippen LogP contribution in [0.4, 0.5) is 0 Å². The summed E-state index contributed by atoms with van der Waals surface area (Å²) in [4.78, 5) is 37.0. The van der Waals surface area contributed by atoms with Crippen LogP contribution in [0.15, 0.2) is 0 Å². The summed E-state index contributed by atoms with van der Waals surface area (Å²) in [5.74, 6) is 32.9. The quantitative estimate of drug-likeness (QED) is 0.590. The zero-order valence-corrected chi connectivity index (χ0v) is 17.3. The lowest BCUT2D eigenvalue weighted by molar-refractivity contribution is -0.135. The molecule has 1 aliphatic rings. The summed E-state index contributed by atoms with van der Waals surface area (Å²) in [5, 5.41) is 12.3. The molecule has 0 radical (unpaired) electrons. The number of carbonyl (C=O) groups is 3. The van der Waals surface area contributed by atoms with Gasteiger partial charge >= 0.3 is 0 Å². The van der Waals surface area contributed by atoms with Gasteiger partial charge in [0.25, 0.3) is 5.91 Å². The highest BCUT2D eigenvalue weighted by Gasteiger charge is 2.38. The highest BCUT2D eigenvalue weighted by Crippen LogP contribution is 2.18. The molecule has 1 heterocycles. The number of amides is 2. The average Bonchev–Trinajstić information content (AvgIpc) is 3.13. The molecule has 6 heteroatoms. The maximum absolute atomic E-state index is 12.3. The minimum atomic E-state index is -0.901. The second kappa shape index (κ2) is 13.6. The maximum atomic E-state index is 12.3. The van der Waals surface area contributed by atoms with Crippen molar-refractivity contribution in [2.75, 3.05) is 6.54 Å². The van der Waals surface area contributed by atoms with Gasteiger partial charge in [-0.05, 0) is 91.8 Å². The minimum absolute atomic E-state index is 0.0285. The first-order chi connectivity index (χ1) is 14.9. The Bertz CT molecular complexity index is 1180. The number of nitrogens with zero attached hydrogens (tertiary/aromatic N) is 1. The van der Waals surface area contributed by atoms with Gasteiger partial charge in [-0.25, -0.2) is 0 Å². The lowest BCUT2D eigenvalue weighted by Crippen LogP contribution is -2.49. The Labute approximate surface area is 182 Å². The van der Waals surface area contributed by atoms with E-state index in [9.17, 15) is 19.5 Å². The molecule has 2 amide bonds. The van der Waals surface area contributed by atoms with E-state index in [1.807, 2.05) is 0 Å². The molecular weight excluding hydrogens is 392 g/mol. The lowest BCUT2D eigenvalue weighted by atomic mass is 10.1. The number of hydrogen-bond donors (Lipinski definition) is 2. The molecule has 1 saturated heterocycles. The van der Waals surface area contributed by atoms with Crippen LogP contribution in [0.5, 0.6) is 0 Å². The van der Waals surface area contributed by atoms with Crippen molar-refractivity contribution in [1.29, 1.82) is 0 Å². The summed E-state index contributed by atoms with van der Waals surface area (Å²) in [6, 6.07) is -1.59. The second-order valence-corrected chi connectivity index (χ2v) is 6.08. The molecule has 1 aliphatic heterocycles. The highest BCUT2D eigenvalue weighted by molar-refractivity contribution is 5.98. The van der Waals surface area contributed by atoms with Crippen LogP contribution in [0.2, 0.25) is 0 Å². The third-order valence-corrected chi connectivity index (χ3v) is 3.79. The summed E-state index contributed by atoms with van der Waals surface area (Å²) < 4.78 is 0. The van der Waals surface area contributed by atoms with Gasteiger partial charge in [0.1, 0.15) is 6.04 Å². The van der Waals surface area contributed by atoms with Crippen molar-refractivity contribution in [3.05, 3.63) is 0 Å². The molecule has 0 spiro atoms. The number of β-amino-alcohol motifs (C(OH)–C–C–N with tert-alkyl or cyclic N) is 1. The fraction of sp³-hybridized carbons (Fsp3) is 0.320. The topological polar surface area (TPSA) is 86.7 Å². The smallest absolute Gasteiger partial charge is 0.300 e. The summed E-state index contributed by atoms with van der Waals surface area (Å²) in [6.07, 6.45) is -0.779. The van der Waals surface area contributed by atoms with Crippen molar-refractivity contribution in [2.45, 2.75) is 45.4 Å². The van der Waals surface area contributed by atoms with E-state index in [0.717, 1.165) is 4.90 Å². The summed E-state index contributed by atoms with van der Waals surface area (Å²) in [5.41, 5.74) is 0. The number of aliphatic hydroxyl groups is 1. The van der Waals surface area contributed by atoms with E-state index >= 15 is 0 Å². The molecule has 0 bridgehead atoms. The van der Waals surface area contributed by atoms with Crippen molar-refractivity contribution in [2.24, 2.45) is 0 Å². The molecule has 1 fully saturated rings. The molecule has 0 unspecified atom stereocenters. The first-order valence-electron chi connectivity index (χ1n) is 9.09. The van der Waals surface area contributed by atoms with Gasteiger partial charge in [-0.2, -0.15) is 0 Å². The van der Waals surface area contributed by atoms with E-state index in [0.29, 0.717) is 0 Å². The molecule has 6 nitrogen and oxygen atoms in total. The number of ketones is 1. The third-order valence-electron chi connectivity index (χ3n) is 3.79. The molecule has 0 saturated carbocycles. The Morgan fingerprint density at radius 3 is 1.87 bits per heavy atom. The maximum Gasteiger partial charge on any atom is 0.300 e. The van der Waals surface area contributed by atoms with Crippen LogP contribution in [0.1, 0.15) is 27.2 Å². The number of Topliss-reactive ketones (excluding diaryl/α,β-unsaturated/α-hetero) is 1. The molecule has 152 valence electrons. The molecule has 0 aliphatic carbocycles. The van der Waals surface area contributed by atoms with Crippen molar-refractivity contribution in [1.82, 2.24) is 10.2 Å². The van der Waals surface area contributed by atoms with Gasteiger partial charge in [0, 0.05) is 18.9 Å². The lowest BCUT2D eigenvalue weighted by Gasteiger charge is -2.22. The summed E-state index contributed by atoms with van der Waals surface area (Å²) in [7, 11) is 0. The second-order valence-electron chi connectivity index (χ2n) is 6.08. The Morgan fingerprint density at radius 2 is 1.39 bits per heavy atom. The van der Waals surface area contributed by atoms with Crippen molar-refractivity contribution < 1.29 is 19.5 Å². The van der Waals surface area contributed by atoms with Crippen LogP contribution in [0, 0.1) is 82.9 Å². The largest absolute Gasteiger partial charge is 0.391 e. The predicted octanol–water partition coefficient (Wildman–Crippen LogP) is -0.914. The predicted molar refractivity (Wildman–Crippen MR) is 115 cm³/mol. The normalized spacial score (nSPS) is 15.8. The van der Waals surface area contributed by atoms with Gasteiger partial charge in [-0.3, -0.25) is 14.4 Å². The van der Waals surface area contributed by atoms with Gasteiger partial charge in [-0.15, -0.1) is 0 Å². The van der Waals surface area contributed by atoms with Crippen LogP contribution in [-0.2, 0) is 14.4 Å². The number of hydrogen-bond acceptors (Lipinski definition) is 4. The molecule has 1 rings (SSSR count). The van der Waals surface area contributed by atoms with E-state index in [-0.39, 0.29) is 18.7 Å². The SMILES string of the molecule is CC#CC#CC#CC#CC#CC#CC#CC(=O)N1C[C@@H](O)C[C@H]1C(=O)N[C@@H](C)C(C)=O. The molecule has 0 aromatic heterocycles. The summed E-state index contributed by atoms with van der Waals surface area (Å²) in [6.45, 7) is 4.54. The van der Waals surface area contributed by atoms with Crippen molar-refractivity contribution in [3.8, 4) is 82.9 Å². The number of nitrogens with one attached hydrogen (secondary N) is 1. The Hall–Kier alpha value is -4.51. The number of aliphatic hydroxyl groups excluding tert-OH is 1. The first kappa shape index (κ1) is 24.5. The summed E-state index contributed by atoms with van der Waals surface area (Å²) >= 11 is 0.